The van der Waals surface area contributed by atoms with Gasteiger partial charge in [0.2, 0.25) is 5.76 Å². The Bertz CT molecular complexity index is 557. The number of benzene rings is 1. The number of hydrogen-bond donors (Lipinski definition) is 0. The summed E-state index contributed by atoms with van der Waals surface area (Å²) >= 11 is 0. The lowest BCUT2D eigenvalue weighted by Crippen LogP contribution is -2.35. The summed E-state index contributed by atoms with van der Waals surface area (Å²) in [6.45, 7) is 1.64. The summed E-state index contributed by atoms with van der Waals surface area (Å²) in [7, 11) is 0. The smallest absolute Gasteiger partial charge is 0.292 e. The standard InChI is InChI=1S/C15H16N2O2/c18-15(17-9-5-2-6-10-17)14-11-13(16-19-14)12-7-3-1-4-8-12/h1,3-4,7-8,11H,2,5-6,9-10H2. The quantitative estimate of drug-likeness (QED) is 0.829. The van der Waals surface area contributed by atoms with E-state index in [2.05, 4.69) is 5.16 Å². The number of likely N-dealkylation sites (tertiary alicyclic amines) is 1. The molecule has 98 valence electrons. The Kier molecular flexibility index (Phi) is 3.31. The molecule has 0 bridgehead atoms. The second-order valence-electron chi connectivity index (χ2n) is 4.80. The van der Waals surface area contributed by atoms with E-state index in [0.717, 1.165) is 31.5 Å². The highest BCUT2D eigenvalue weighted by Crippen LogP contribution is 2.20. The zero-order chi connectivity index (χ0) is 13.1. The summed E-state index contributed by atoms with van der Waals surface area (Å²) in [6.07, 6.45) is 3.35. The average Bonchev–Trinajstić information content (AvgIpc) is 2.98. The van der Waals surface area contributed by atoms with Gasteiger partial charge in [-0.25, -0.2) is 0 Å². The van der Waals surface area contributed by atoms with Crippen LogP contribution in [-0.2, 0) is 0 Å². The molecule has 19 heavy (non-hydrogen) atoms. The maximum absolute atomic E-state index is 12.2. The van der Waals surface area contributed by atoms with Crippen molar-refractivity contribution in [3.63, 3.8) is 0 Å². The summed E-state index contributed by atoms with van der Waals surface area (Å²) in [5, 5.41) is 3.98. The van der Waals surface area contributed by atoms with Crippen molar-refractivity contribution < 1.29 is 9.32 Å². The van der Waals surface area contributed by atoms with E-state index in [4.69, 9.17) is 4.52 Å². The van der Waals surface area contributed by atoms with Gasteiger partial charge in [-0.05, 0) is 19.3 Å². The highest BCUT2D eigenvalue weighted by Gasteiger charge is 2.22. The molecule has 3 rings (SSSR count). The molecule has 0 atom stereocenters. The number of nitrogens with zero attached hydrogens (tertiary/aromatic N) is 2. The van der Waals surface area contributed by atoms with Crippen LogP contribution in [0.3, 0.4) is 0 Å². The Morgan fingerprint density at radius 1 is 1.11 bits per heavy atom. The highest BCUT2D eigenvalue weighted by molar-refractivity contribution is 5.92. The van der Waals surface area contributed by atoms with Crippen LogP contribution in [0, 0.1) is 0 Å². The normalized spacial score (nSPS) is 15.5. The predicted octanol–water partition coefficient (Wildman–Crippen LogP) is 2.97. The third kappa shape index (κ3) is 2.52. The van der Waals surface area contributed by atoms with Gasteiger partial charge in [0.1, 0.15) is 5.69 Å². The first-order valence-electron chi connectivity index (χ1n) is 6.66. The van der Waals surface area contributed by atoms with E-state index in [1.54, 1.807) is 6.07 Å². The van der Waals surface area contributed by atoms with Crippen LogP contribution in [-0.4, -0.2) is 29.1 Å². The van der Waals surface area contributed by atoms with Crippen molar-refractivity contribution >= 4 is 5.91 Å². The molecule has 0 aliphatic carbocycles. The number of hydrogen-bond acceptors (Lipinski definition) is 3. The van der Waals surface area contributed by atoms with E-state index >= 15 is 0 Å². The number of amides is 1. The van der Waals surface area contributed by atoms with Gasteiger partial charge in [-0.15, -0.1) is 0 Å². The molecule has 1 aromatic carbocycles. The Labute approximate surface area is 112 Å². The lowest BCUT2D eigenvalue weighted by Gasteiger charge is -2.25. The first kappa shape index (κ1) is 12.0. The van der Waals surface area contributed by atoms with E-state index in [1.165, 1.54) is 6.42 Å². The molecule has 0 unspecified atom stereocenters. The molecule has 4 nitrogen and oxygen atoms in total. The van der Waals surface area contributed by atoms with Crippen LogP contribution in [0.5, 0.6) is 0 Å². The molecule has 0 saturated carbocycles. The summed E-state index contributed by atoms with van der Waals surface area (Å²) in [6, 6.07) is 11.5. The zero-order valence-electron chi connectivity index (χ0n) is 10.7. The minimum Gasteiger partial charge on any atom is -0.350 e. The highest BCUT2D eigenvalue weighted by atomic mass is 16.5. The summed E-state index contributed by atoms with van der Waals surface area (Å²) < 4.78 is 5.19. The molecule has 1 aromatic heterocycles. The number of carbonyl (C=O) groups excluding carboxylic acids is 1. The molecular formula is C15H16N2O2. The number of carbonyl (C=O) groups is 1. The molecule has 0 radical (unpaired) electrons. The molecule has 0 N–H and O–H groups in total. The number of rotatable bonds is 2. The van der Waals surface area contributed by atoms with Crippen LogP contribution in [0.15, 0.2) is 40.9 Å². The molecule has 1 aliphatic rings. The van der Waals surface area contributed by atoms with Crippen LogP contribution in [0.4, 0.5) is 0 Å². The number of piperidine rings is 1. The second-order valence-corrected chi connectivity index (χ2v) is 4.80. The first-order chi connectivity index (χ1) is 9.34. The van der Waals surface area contributed by atoms with Gasteiger partial charge in [-0.2, -0.15) is 0 Å². The van der Waals surface area contributed by atoms with E-state index in [1.807, 2.05) is 35.2 Å². The number of aromatic nitrogens is 1. The van der Waals surface area contributed by atoms with E-state index in [9.17, 15) is 4.79 Å². The first-order valence-corrected chi connectivity index (χ1v) is 6.66. The van der Waals surface area contributed by atoms with Gasteiger partial charge in [-0.3, -0.25) is 4.79 Å². The summed E-state index contributed by atoms with van der Waals surface area (Å²) in [4.78, 5) is 14.1. The molecule has 1 aliphatic heterocycles. The topological polar surface area (TPSA) is 46.3 Å². The van der Waals surface area contributed by atoms with Gasteiger partial charge < -0.3 is 9.42 Å². The Hall–Kier alpha value is -2.10. The van der Waals surface area contributed by atoms with Crippen molar-refractivity contribution in [2.45, 2.75) is 19.3 Å². The average molecular weight is 256 g/mol. The monoisotopic (exact) mass is 256 g/mol. The lowest BCUT2D eigenvalue weighted by molar-refractivity contribution is 0.0682. The molecule has 4 heteroatoms. The van der Waals surface area contributed by atoms with Crippen molar-refractivity contribution in [3.05, 3.63) is 42.2 Å². The lowest BCUT2D eigenvalue weighted by atomic mass is 10.1. The fraction of sp³-hybridized carbons (Fsp3) is 0.333. The summed E-state index contributed by atoms with van der Waals surface area (Å²) in [5.41, 5.74) is 1.67. The molecule has 1 saturated heterocycles. The Balaban J connectivity index is 1.79. The zero-order valence-corrected chi connectivity index (χ0v) is 10.7. The van der Waals surface area contributed by atoms with Crippen molar-refractivity contribution in [2.75, 3.05) is 13.1 Å². The van der Waals surface area contributed by atoms with Crippen molar-refractivity contribution in [3.8, 4) is 11.3 Å². The van der Waals surface area contributed by atoms with Gasteiger partial charge in [0.25, 0.3) is 5.91 Å². The van der Waals surface area contributed by atoms with Gasteiger partial charge in [0.05, 0.1) is 0 Å². The minimum absolute atomic E-state index is 0.0469. The maximum Gasteiger partial charge on any atom is 0.292 e. The fourth-order valence-corrected chi connectivity index (χ4v) is 2.37. The van der Waals surface area contributed by atoms with E-state index in [0.29, 0.717) is 11.5 Å². The third-order valence-corrected chi connectivity index (χ3v) is 3.43. The van der Waals surface area contributed by atoms with Crippen molar-refractivity contribution in [2.24, 2.45) is 0 Å². The molecule has 1 fully saturated rings. The predicted molar refractivity (Wildman–Crippen MR) is 71.7 cm³/mol. The SMILES string of the molecule is O=C(c1cc(-c2ccccc2)no1)N1CCCCC1. The largest absolute Gasteiger partial charge is 0.350 e. The Morgan fingerprint density at radius 3 is 2.58 bits per heavy atom. The van der Waals surface area contributed by atoms with Crippen LogP contribution in [0.1, 0.15) is 29.8 Å². The molecule has 2 heterocycles. The van der Waals surface area contributed by atoms with Gasteiger partial charge >= 0.3 is 0 Å². The second kappa shape index (κ2) is 5.26. The van der Waals surface area contributed by atoms with E-state index < -0.39 is 0 Å². The molecule has 0 spiro atoms. The molecular weight excluding hydrogens is 240 g/mol. The maximum atomic E-state index is 12.2. The van der Waals surface area contributed by atoms with E-state index in [-0.39, 0.29) is 5.91 Å². The van der Waals surface area contributed by atoms with Crippen LogP contribution < -0.4 is 0 Å². The minimum atomic E-state index is -0.0469. The van der Waals surface area contributed by atoms with Crippen molar-refractivity contribution in [1.29, 1.82) is 0 Å². The van der Waals surface area contributed by atoms with Crippen LogP contribution in [0.2, 0.25) is 0 Å². The summed E-state index contributed by atoms with van der Waals surface area (Å²) in [5.74, 6) is 0.287. The van der Waals surface area contributed by atoms with Crippen LogP contribution >= 0.6 is 0 Å². The molecule has 2 aromatic rings. The van der Waals surface area contributed by atoms with Gasteiger partial charge in [0, 0.05) is 24.7 Å². The van der Waals surface area contributed by atoms with Gasteiger partial charge in [0.15, 0.2) is 0 Å². The molecule has 1 amide bonds. The Morgan fingerprint density at radius 2 is 1.84 bits per heavy atom. The van der Waals surface area contributed by atoms with Gasteiger partial charge in [-0.1, -0.05) is 35.5 Å². The fourth-order valence-electron chi connectivity index (χ4n) is 2.37. The van der Waals surface area contributed by atoms with Crippen LogP contribution in [0.25, 0.3) is 11.3 Å². The third-order valence-electron chi connectivity index (χ3n) is 3.43. The van der Waals surface area contributed by atoms with Crippen molar-refractivity contribution in [1.82, 2.24) is 10.1 Å².